The van der Waals surface area contributed by atoms with Crippen molar-refractivity contribution in [3.05, 3.63) is 66.0 Å². The van der Waals surface area contributed by atoms with Gasteiger partial charge >= 0.3 is 0 Å². The summed E-state index contributed by atoms with van der Waals surface area (Å²) in [4.78, 5) is 20.8. The largest absolute Gasteiger partial charge is 0.308 e. The predicted molar refractivity (Wildman–Crippen MR) is 89.8 cm³/mol. The molecule has 1 N–H and O–H groups in total. The normalized spacial score (nSPS) is 15.0. The molecule has 25 heavy (non-hydrogen) atoms. The summed E-state index contributed by atoms with van der Waals surface area (Å²) in [5.41, 5.74) is 0.520. The maximum absolute atomic E-state index is 14.1. The van der Waals surface area contributed by atoms with Gasteiger partial charge in [-0.1, -0.05) is 18.2 Å². The molecule has 1 fully saturated rings. The monoisotopic (exact) mass is 337 g/mol. The smallest absolute Gasteiger partial charge is 0.236 e. The molecule has 0 aliphatic heterocycles. The summed E-state index contributed by atoms with van der Waals surface area (Å²) in [6, 6.07) is 8.12. The van der Waals surface area contributed by atoms with E-state index in [2.05, 4.69) is 20.4 Å². The number of halogens is 1. The van der Waals surface area contributed by atoms with Crippen LogP contribution in [-0.4, -0.2) is 25.7 Å². The lowest BCUT2D eigenvalue weighted by molar-refractivity contribution is -0.118. The number of carbonyl (C=O) groups excluding carboxylic acids is 1. The van der Waals surface area contributed by atoms with Gasteiger partial charge in [0.1, 0.15) is 12.1 Å². The van der Waals surface area contributed by atoms with E-state index < -0.39 is 5.41 Å². The predicted octanol–water partition coefficient (Wildman–Crippen LogP) is 2.78. The van der Waals surface area contributed by atoms with Crippen LogP contribution in [0.15, 0.2) is 49.1 Å². The van der Waals surface area contributed by atoms with Gasteiger partial charge in [0, 0.05) is 29.6 Å². The van der Waals surface area contributed by atoms with E-state index in [0.29, 0.717) is 30.0 Å². The topological polar surface area (TPSA) is 72.7 Å². The molecule has 1 aromatic carbocycles. The van der Waals surface area contributed by atoms with Crippen LogP contribution in [0.4, 0.5) is 10.2 Å². The molecule has 2 heterocycles. The van der Waals surface area contributed by atoms with Gasteiger partial charge in [0.05, 0.1) is 5.41 Å². The number of carbonyl (C=O) groups is 1. The summed E-state index contributed by atoms with van der Waals surface area (Å²) < 4.78 is 15.7. The van der Waals surface area contributed by atoms with Crippen molar-refractivity contribution in [2.75, 3.05) is 5.32 Å². The first-order valence-corrected chi connectivity index (χ1v) is 7.99. The van der Waals surface area contributed by atoms with Crippen molar-refractivity contribution in [3.63, 3.8) is 0 Å². The van der Waals surface area contributed by atoms with Gasteiger partial charge in [-0.25, -0.2) is 19.0 Å². The second kappa shape index (κ2) is 5.77. The Morgan fingerprint density at radius 2 is 2.08 bits per heavy atom. The average molecular weight is 337 g/mol. The Kier molecular flexibility index (Phi) is 3.56. The zero-order chi connectivity index (χ0) is 17.4. The molecule has 7 heteroatoms. The van der Waals surface area contributed by atoms with E-state index in [1.165, 1.54) is 12.4 Å². The zero-order valence-corrected chi connectivity index (χ0v) is 13.6. The number of nitrogens with one attached hydrogen (secondary N) is 1. The summed E-state index contributed by atoms with van der Waals surface area (Å²) in [6.07, 6.45) is 6.11. The van der Waals surface area contributed by atoms with Crippen LogP contribution in [0, 0.1) is 12.7 Å². The fourth-order valence-corrected chi connectivity index (χ4v) is 2.97. The molecule has 0 spiro atoms. The van der Waals surface area contributed by atoms with Gasteiger partial charge in [-0.3, -0.25) is 4.79 Å². The first-order chi connectivity index (χ1) is 12.1. The minimum Gasteiger partial charge on any atom is -0.308 e. The summed E-state index contributed by atoms with van der Waals surface area (Å²) in [5.74, 6) is 0.468. The Hall–Kier alpha value is -3.09. The van der Waals surface area contributed by atoms with Crippen LogP contribution in [-0.2, 0) is 10.2 Å². The number of hydrogen-bond donors (Lipinski definition) is 1. The second-order valence-electron chi connectivity index (χ2n) is 6.19. The number of aromatic nitrogens is 4. The van der Waals surface area contributed by atoms with E-state index >= 15 is 0 Å². The molecule has 0 atom stereocenters. The molecule has 1 saturated carbocycles. The quantitative estimate of drug-likeness (QED) is 0.794. The van der Waals surface area contributed by atoms with Gasteiger partial charge in [0.2, 0.25) is 5.91 Å². The number of anilines is 1. The fourth-order valence-electron chi connectivity index (χ4n) is 2.97. The molecule has 1 aliphatic rings. The van der Waals surface area contributed by atoms with E-state index in [0.717, 1.165) is 5.56 Å². The lowest BCUT2D eigenvalue weighted by Crippen LogP contribution is -2.29. The SMILES string of the molecule is Cc1cncnc1-n1ccc(NC(=O)C2(c3ccccc3F)CC2)n1. The molecule has 0 bridgehead atoms. The van der Waals surface area contributed by atoms with Crippen LogP contribution in [0.3, 0.4) is 0 Å². The second-order valence-corrected chi connectivity index (χ2v) is 6.19. The highest BCUT2D eigenvalue weighted by atomic mass is 19.1. The Bertz CT molecular complexity index is 948. The highest BCUT2D eigenvalue weighted by Gasteiger charge is 2.52. The first-order valence-electron chi connectivity index (χ1n) is 7.99. The van der Waals surface area contributed by atoms with Crippen LogP contribution < -0.4 is 5.32 Å². The summed E-state index contributed by atoms with van der Waals surface area (Å²) >= 11 is 0. The standard InChI is InChI=1S/C18H16FN5O/c1-12-10-20-11-21-16(12)24-9-6-15(23-24)22-17(25)18(7-8-18)13-4-2-3-5-14(13)19/h2-6,9-11H,7-8H2,1H3,(H,22,23,25). The molecule has 0 radical (unpaired) electrons. The maximum Gasteiger partial charge on any atom is 0.236 e. The first kappa shape index (κ1) is 15.4. The Balaban J connectivity index is 1.57. The number of benzene rings is 1. The molecule has 1 amide bonds. The molecule has 1 aliphatic carbocycles. The highest BCUT2D eigenvalue weighted by molar-refractivity contribution is 6.00. The van der Waals surface area contributed by atoms with Gasteiger partial charge in [0.15, 0.2) is 11.6 Å². The molecule has 3 aromatic rings. The third-order valence-corrected chi connectivity index (χ3v) is 4.49. The number of aryl methyl sites for hydroxylation is 1. The van der Waals surface area contributed by atoms with Crippen molar-refractivity contribution in [2.45, 2.75) is 25.2 Å². The minimum absolute atomic E-state index is 0.234. The van der Waals surface area contributed by atoms with Gasteiger partial charge in [0.25, 0.3) is 0 Å². The van der Waals surface area contributed by atoms with Gasteiger partial charge in [-0.05, 0) is 25.8 Å². The highest BCUT2D eigenvalue weighted by Crippen LogP contribution is 2.49. The van der Waals surface area contributed by atoms with Crippen molar-refractivity contribution in [1.82, 2.24) is 19.7 Å². The van der Waals surface area contributed by atoms with Crippen LogP contribution in [0.5, 0.6) is 0 Å². The maximum atomic E-state index is 14.1. The van der Waals surface area contributed by atoms with Gasteiger partial charge in [-0.2, -0.15) is 0 Å². The lowest BCUT2D eigenvalue weighted by atomic mass is 9.94. The van der Waals surface area contributed by atoms with Crippen LogP contribution in [0.2, 0.25) is 0 Å². The van der Waals surface area contributed by atoms with E-state index in [1.807, 2.05) is 6.92 Å². The van der Waals surface area contributed by atoms with Crippen molar-refractivity contribution < 1.29 is 9.18 Å². The van der Waals surface area contributed by atoms with Crippen LogP contribution in [0.1, 0.15) is 24.0 Å². The Morgan fingerprint density at radius 1 is 1.28 bits per heavy atom. The lowest BCUT2D eigenvalue weighted by Gasteiger charge is -2.15. The summed E-state index contributed by atoms with van der Waals surface area (Å²) in [7, 11) is 0. The average Bonchev–Trinajstić information content (AvgIpc) is 3.29. The van der Waals surface area contributed by atoms with E-state index in [1.54, 1.807) is 41.3 Å². The minimum atomic E-state index is -0.792. The van der Waals surface area contributed by atoms with Crippen molar-refractivity contribution >= 4 is 11.7 Å². The number of amides is 1. The van der Waals surface area contributed by atoms with Gasteiger partial charge < -0.3 is 5.32 Å². The third-order valence-electron chi connectivity index (χ3n) is 4.49. The molecular formula is C18H16FN5O. The van der Waals surface area contributed by atoms with E-state index in [4.69, 9.17) is 0 Å². The van der Waals surface area contributed by atoms with E-state index in [9.17, 15) is 9.18 Å². The fraction of sp³-hybridized carbons (Fsp3) is 0.222. The zero-order valence-electron chi connectivity index (χ0n) is 13.6. The molecule has 0 unspecified atom stereocenters. The van der Waals surface area contributed by atoms with Crippen molar-refractivity contribution in [1.29, 1.82) is 0 Å². The number of nitrogens with zero attached hydrogens (tertiary/aromatic N) is 4. The molecule has 126 valence electrons. The molecule has 0 saturated heterocycles. The van der Waals surface area contributed by atoms with Crippen molar-refractivity contribution in [2.24, 2.45) is 0 Å². The van der Waals surface area contributed by atoms with Crippen LogP contribution in [0.25, 0.3) is 5.82 Å². The number of hydrogen-bond acceptors (Lipinski definition) is 4. The third kappa shape index (κ3) is 2.67. The molecule has 4 rings (SSSR count). The summed E-state index contributed by atoms with van der Waals surface area (Å²) in [5, 5.41) is 7.14. The summed E-state index contributed by atoms with van der Waals surface area (Å²) in [6.45, 7) is 1.88. The van der Waals surface area contributed by atoms with Crippen molar-refractivity contribution in [3.8, 4) is 5.82 Å². The molecule has 2 aromatic heterocycles. The Labute approximate surface area is 143 Å². The van der Waals surface area contributed by atoms with Gasteiger partial charge in [-0.15, -0.1) is 5.10 Å². The molecule has 6 nitrogen and oxygen atoms in total. The van der Waals surface area contributed by atoms with E-state index in [-0.39, 0.29) is 11.7 Å². The molecular weight excluding hydrogens is 321 g/mol. The Morgan fingerprint density at radius 3 is 2.80 bits per heavy atom. The number of rotatable bonds is 4. The van der Waals surface area contributed by atoms with Crippen LogP contribution >= 0.6 is 0 Å².